The summed E-state index contributed by atoms with van der Waals surface area (Å²) < 4.78 is 8.94. The zero-order valence-electron chi connectivity index (χ0n) is 36.8. The fourth-order valence-corrected chi connectivity index (χ4v) is 8.23. The lowest BCUT2D eigenvalue weighted by Crippen LogP contribution is -2.26. The van der Waals surface area contributed by atoms with Crippen LogP contribution in [0.5, 0.6) is 11.5 Å². The van der Waals surface area contributed by atoms with Crippen LogP contribution in [0.1, 0.15) is 111 Å². The smallest absolute Gasteiger partial charge is 0.137 e. The van der Waals surface area contributed by atoms with Gasteiger partial charge >= 0.3 is 0 Å². The molecular formula is C53H57N5O. The summed E-state index contributed by atoms with van der Waals surface area (Å²) in [6.45, 7) is 28.1. The number of hydrogen-bond donors (Lipinski definition) is 0. The molecule has 1 aliphatic heterocycles. The number of nitriles is 1. The monoisotopic (exact) mass is 779 g/mol. The van der Waals surface area contributed by atoms with E-state index in [4.69, 9.17) is 9.72 Å². The SMILES string of the molecule is CC(C)(C)c1cc(N2CN(c3cccc(Oc4ccc5c6cc(C#N)ccc6n(-c6cc(C(C)(C)C)ccn6)c5c4)c3)c3cccc(C(C)(C)C)c32)cc(C(C)(C)C)c1. The molecule has 2 aromatic heterocycles. The first-order valence-corrected chi connectivity index (χ1v) is 20.8. The third-order valence-electron chi connectivity index (χ3n) is 11.7. The maximum Gasteiger partial charge on any atom is 0.137 e. The van der Waals surface area contributed by atoms with Crippen molar-refractivity contribution in [2.45, 2.75) is 105 Å². The van der Waals surface area contributed by atoms with Crippen LogP contribution >= 0.6 is 0 Å². The predicted octanol–water partition coefficient (Wildman–Crippen LogP) is 14.3. The van der Waals surface area contributed by atoms with Crippen LogP contribution in [-0.2, 0) is 21.7 Å². The van der Waals surface area contributed by atoms with E-state index >= 15 is 0 Å². The summed E-state index contributed by atoms with van der Waals surface area (Å²) in [4.78, 5) is 9.79. The van der Waals surface area contributed by atoms with Gasteiger partial charge in [0.05, 0.1) is 34.0 Å². The Morgan fingerprint density at radius 3 is 1.90 bits per heavy atom. The molecule has 300 valence electrons. The number of fused-ring (bicyclic) bond motifs is 4. The molecule has 0 saturated heterocycles. The summed E-state index contributed by atoms with van der Waals surface area (Å²) in [6, 6.07) is 41.0. The highest BCUT2D eigenvalue weighted by atomic mass is 16.5. The predicted molar refractivity (Wildman–Crippen MR) is 247 cm³/mol. The van der Waals surface area contributed by atoms with Crippen molar-refractivity contribution in [3.05, 3.63) is 143 Å². The van der Waals surface area contributed by atoms with Crippen molar-refractivity contribution in [3.8, 4) is 23.4 Å². The minimum Gasteiger partial charge on any atom is -0.457 e. The second kappa shape index (κ2) is 14.1. The quantitative estimate of drug-likeness (QED) is 0.174. The molecule has 1 aliphatic rings. The molecule has 5 aromatic carbocycles. The van der Waals surface area contributed by atoms with Crippen LogP contribution in [0, 0.1) is 11.3 Å². The second-order valence-electron chi connectivity index (χ2n) is 20.3. The zero-order valence-corrected chi connectivity index (χ0v) is 36.8. The Bertz CT molecular complexity index is 2760. The highest BCUT2D eigenvalue weighted by Crippen LogP contribution is 2.50. The van der Waals surface area contributed by atoms with Crippen molar-refractivity contribution < 1.29 is 4.74 Å². The number of pyridine rings is 1. The molecule has 7 aromatic rings. The fourth-order valence-electron chi connectivity index (χ4n) is 8.23. The van der Waals surface area contributed by atoms with E-state index in [-0.39, 0.29) is 21.7 Å². The first-order chi connectivity index (χ1) is 27.7. The number of anilines is 4. The molecule has 0 spiro atoms. The molecule has 3 heterocycles. The molecule has 0 saturated carbocycles. The van der Waals surface area contributed by atoms with Crippen LogP contribution < -0.4 is 14.5 Å². The Balaban J connectivity index is 1.21. The van der Waals surface area contributed by atoms with E-state index < -0.39 is 0 Å². The third-order valence-corrected chi connectivity index (χ3v) is 11.7. The average molecular weight is 780 g/mol. The minimum atomic E-state index is -0.0695. The van der Waals surface area contributed by atoms with E-state index in [1.807, 2.05) is 36.5 Å². The van der Waals surface area contributed by atoms with E-state index in [0.717, 1.165) is 44.8 Å². The summed E-state index contributed by atoms with van der Waals surface area (Å²) >= 11 is 0. The first-order valence-electron chi connectivity index (χ1n) is 20.8. The lowest BCUT2D eigenvalue weighted by atomic mass is 9.80. The lowest BCUT2D eigenvalue weighted by molar-refractivity contribution is 0.483. The molecule has 8 rings (SSSR count). The summed E-state index contributed by atoms with van der Waals surface area (Å²) in [6.07, 6.45) is 1.88. The van der Waals surface area contributed by atoms with E-state index in [0.29, 0.717) is 12.2 Å². The summed E-state index contributed by atoms with van der Waals surface area (Å²) in [7, 11) is 0. The van der Waals surface area contributed by atoms with Crippen molar-refractivity contribution in [2.24, 2.45) is 0 Å². The molecule has 0 N–H and O–H groups in total. The number of nitrogens with zero attached hydrogens (tertiary/aromatic N) is 5. The molecular weight excluding hydrogens is 723 g/mol. The van der Waals surface area contributed by atoms with Crippen molar-refractivity contribution in [1.29, 1.82) is 5.26 Å². The highest BCUT2D eigenvalue weighted by Gasteiger charge is 2.35. The van der Waals surface area contributed by atoms with Crippen molar-refractivity contribution in [3.63, 3.8) is 0 Å². The molecule has 0 aliphatic carbocycles. The number of aromatic nitrogens is 2. The molecule has 0 bridgehead atoms. The Hall–Kier alpha value is -6.06. The van der Waals surface area contributed by atoms with Gasteiger partial charge < -0.3 is 14.5 Å². The van der Waals surface area contributed by atoms with E-state index in [9.17, 15) is 5.26 Å². The number of ether oxygens (including phenoxy) is 1. The Morgan fingerprint density at radius 1 is 0.559 bits per heavy atom. The third kappa shape index (κ3) is 7.44. The average Bonchev–Trinajstić information content (AvgIpc) is 3.72. The van der Waals surface area contributed by atoms with Gasteiger partial charge in [0.25, 0.3) is 0 Å². The van der Waals surface area contributed by atoms with Crippen LogP contribution in [0.3, 0.4) is 0 Å². The lowest BCUT2D eigenvalue weighted by Gasteiger charge is -2.31. The second-order valence-corrected chi connectivity index (χ2v) is 20.3. The Kier molecular flexibility index (Phi) is 9.47. The molecule has 59 heavy (non-hydrogen) atoms. The van der Waals surface area contributed by atoms with Crippen LogP contribution in [-0.4, -0.2) is 16.2 Å². The first kappa shape index (κ1) is 39.8. The van der Waals surface area contributed by atoms with E-state index in [2.05, 4.69) is 182 Å². The highest BCUT2D eigenvalue weighted by molar-refractivity contribution is 6.10. The summed E-state index contributed by atoms with van der Waals surface area (Å²) in [5.74, 6) is 2.30. The van der Waals surface area contributed by atoms with Crippen LogP contribution in [0.25, 0.3) is 27.6 Å². The van der Waals surface area contributed by atoms with Crippen LogP contribution in [0.15, 0.2) is 115 Å². The summed E-state index contributed by atoms with van der Waals surface area (Å²) in [5.41, 5.74) is 12.3. The molecule has 0 radical (unpaired) electrons. The summed E-state index contributed by atoms with van der Waals surface area (Å²) in [5, 5.41) is 11.8. The van der Waals surface area contributed by atoms with Gasteiger partial charge in [-0.15, -0.1) is 0 Å². The standard InChI is InChI=1S/C53H57N5O/c1-50(2,3)35-23-24-55-48(29-35)58-45-22-19-34(32-54)25-43(45)42-21-20-41(31-47(42)58)59-40-16-13-15-38(30-40)56-33-57(49-44(53(10,11)12)17-14-18-46(49)56)39-27-36(51(4,5)6)26-37(28-39)52(7,8)9/h13-31H,33H2,1-12H3. The molecule has 6 heteroatoms. The van der Waals surface area contributed by atoms with Crippen molar-refractivity contribution in [2.75, 3.05) is 16.5 Å². The molecule has 6 nitrogen and oxygen atoms in total. The van der Waals surface area contributed by atoms with E-state index in [1.54, 1.807) is 0 Å². The Morgan fingerprint density at radius 2 is 1.24 bits per heavy atom. The van der Waals surface area contributed by atoms with Crippen LogP contribution in [0.2, 0.25) is 0 Å². The number of para-hydroxylation sites is 1. The Labute approximate surface area is 350 Å². The number of benzene rings is 5. The van der Waals surface area contributed by atoms with Crippen molar-refractivity contribution >= 4 is 44.6 Å². The maximum atomic E-state index is 9.79. The van der Waals surface area contributed by atoms with Gasteiger partial charge in [-0.25, -0.2) is 4.98 Å². The molecule has 0 amide bonds. The molecule has 0 unspecified atom stereocenters. The maximum absolute atomic E-state index is 9.79. The van der Waals surface area contributed by atoms with Gasteiger partial charge in [0.15, 0.2) is 0 Å². The van der Waals surface area contributed by atoms with E-state index in [1.165, 1.54) is 39.3 Å². The van der Waals surface area contributed by atoms with Crippen molar-refractivity contribution in [1.82, 2.24) is 9.55 Å². The van der Waals surface area contributed by atoms with Gasteiger partial charge in [0, 0.05) is 40.5 Å². The van der Waals surface area contributed by atoms with Gasteiger partial charge in [0.1, 0.15) is 24.0 Å². The topological polar surface area (TPSA) is 57.3 Å². The molecule has 0 fully saturated rings. The van der Waals surface area contributed by atoms with Gasteiger partial charge in [-0.05, 0) is 117 Å². The largest absolute Gasteiger partial charge is 0.457 e. The van der Waals surface area contributed by atoms with Gasteiger partial charge in [-0.2, -0.15) is 5.26 Å². The van der Waals surface area contributed by atoms with Gasteiger partial charge in [0.2, 0.25) is 0 Å². The minimum absolute atomic E-state index is 0.00258. The van der Waals surface area contributed by atoms with Crippen LogP contribution in [0.4, 0.5) is 22.7 Å². The zero-order chi connectivity index (χ0) is 42.2. The number of hydrogen-bond acceptors (Lipinski definition) is 5. The normalized spacial score (nSPS) is 13.6. The number of rotatable bonds is 5. The van der Waals surface area contributed by atoms with Gasteiger partial charge in [-0.1, -0.05) is 107 Å². The van der Waals surface area contributed by atoms with Gasteiger partial charge in [-0.3, -0.25) is 4.57 Å². The fraction of sp³-hybridized carbons (Fsp3) is 0.321. The molecule has 0 atom stereocenters.